The molecule has 0 N–H and O–H groups in total. The maximum atomic E-state index is 8.95. The first kappa shape index (κ1) is 16.8. The molecule has 2 aromatic heterocycles. The van der Waals surface area contributed by atoms with Gasteiger partial charge in [-0.3, -0.25) is 0 Å². The van der Waals surface area contributed by atoms with Crippen molar-refractivity contribution in [1.29, 1.82) is 5.26 Å². The Hall–Kier alpha value is -2.62. The number of nitrogens with zero attached hydrogens (tertiary/aromatic N) is 4. The number of rotatable bonds is 6. The zero-order valence-corrected chi connectivity index (χ0v) is 15.6. The van der Waals surface area contributed by atoms with Gasteiger partial charge in [-0.15, -0.1) is 11.3 Å². The van der Waals surface area contributed by atoms with Gasteiger partial charge in [0.2, 0.25) is 0 Å². The number of fused-ring (bicyclic) bond motifs is 1. The van der Waals surface area contributed by atoms with Gasteiger partial charge in [-0.25, -0.2) is 9.97 Å². The van der Waals surface area contributed by atoms with Gasteiger partial charge in [0.1, 0.15) is 5.01 Å². The van der Waals surface area contributed by atoms with Gasteiger partial charge in [0.25, 0.3) is 0 Å². The van der Waals surface area contributed by atoms with Crippen molar-refractivity contribution >= 4 is 34.1 Å². The Kier molecular flexibility index (Phi) is 5.00. The molecule has 0 bridgehead atoms. The van der Waals surface area contributed by atoms with Crippen LogP contribution in [-0.2, 0) is 12.3 Å². The topological polar surface area (TPSA) is 54.5 Å². The summed E-state index contributed by atoms with van der Waals surface area (Å²) in [6.45, 7) is 0.658. The van der Waals surface area contributed by atoms with Crippen LogP contribution in [0.3, 0.4) is 0 Å². The third kappa shape index (κ3) is 3.50. The molecule has 0 saturated carbocycles. The molecule has 0 atom stereocenters. The van der Waals surface area contributed by atoms with Gasteiger partial charge < -0.3 is 4.57 Å². The predicted octanol–water partition coefficient (Wildman–Crippen LogP) is 5.37. The minimum Gasteiger partial charge on any atom is -0.318 e. The van der Waals surface area contributed by atoms with Crippen LogP contribution in [0.4, 0.5) is 0 Å². The molecular weight excluding hydrogens is 360 g/mol. The second kappa shape index (κ2) is 7.73. The number of hydrogen-bond acceptors (Lipinski definition) is 5. The van der Waals surface area contributed by atoms with Crippen molar-refractivity contribution in [3.8, 4) is 16.6 Å². The zero-order valence-electron chi connectivity index (χ0n) is 14.0. The first-order valence-corrected chi connectivity index (χ1v) is 10.2. The molecule has 0 amide bonds. The minimum absolute atomic E-state index is 0.475. The van der Waals surface area contributed by atoms with Crippen molar-refractivity contribution in [3.05, 3.63) is 65.7 Å². The standard InChI is InChI=1S/C20H16N4S2/c21-11-6-12-24-18-10-5-4-9-17(18)23-20(24)26-14-16-13-25-19(22-16)15-7-2-1-3-8-15/h1-5,7-10,13H,6,12,14H2. The van der Waals surface area contributed by atoms with Crippen LogP contribution in [0.15, 0.2) is 65.1 Å². The summed E-state index contributed by atoms with van der Waals surface area (Å²) in [6.07, 6.45) is 0.475. The summed E-state index contributed by atoms with van der Waals surface area (Å²) >= 11 is 3.34. The van der Waals surface area contributed by atoms with E-state index in [1.165, 1.54) is 0 Å². The lowest BCUT2D eigenvalue weighted by Gasteiger charge is -2.05. The molecule has 6 heteroatoms. The predicted molar refractivity (Wildman–Crippen MR) is 107 cm³/mol. The number of thiazole rings is 1. The van der Waals surface area contributed by atoms with Gasteiger partial charge in [-0.2, -0.15) is 5.26 Å². The van der Waals surface area contributed by atoms with Gasteiger partial charge in [0, 0.05) is 23.2 Å². The van der Waals surface area contributed by atoms with Crippen molar-refractivity contribution in [1.82, 2.24) is 14.5 Å². The van der Waals surface area contributed by atoms with Crippen LogP contribution in [0.5, 0.6) is 0 Å². The van der Waals surface area contributed by atoms with E-state index in [9.17, 15) is 0 Å². The molecule has 0 radical (unpaired) electrons. The fraction of sp³-hybridized carbons (Fsp3) is 0.150. The number of aryl methyl sites for hydroxylation is 1. The van der Waals surface area contributed by atoms with E-state index >= 15 is 0 Å². The normalized spacial score (nSPS) is 10.9. The van der Waals surface area contributed by atoms with Crippen LogP contribution in [0.25, 0.3) is 21.6 Å². The highest BCUT2D eigenvalue weighted by Gasteiger charge is 2.12. The van der Waals surface area contributed by atoms with E-state index in [0.29, 0.717) is 13.0 Å². The zero-order chi connectivity index (χ0) is 17.8. The van der Waals surface area contributed by atoms with Crippen LogP contribution >= 0.6 is 23.1 Å². The summed E-state index contributed by atoms with van der Waals surface area (Å²) in [5.74, 6) is 0.763. The first-order valence-electron chi connectivity index (χ1n) is 8.30. The Labute approximate surface area is 160 Å². The van der Waals surface area contributed by atoms with Crippen LogP contribution in [0.1, 0.15) is 12.1 Å². The Morgan fingerprint density at radius 3 is 2.69 bits per heavy atom. The molecule has 0 aliphatic rings. The highest BCUT2D eigenvalue weighted by molar-refractivity contribution is 7.98. The van der Waals surface area contributed by atoms with Crippen molar-refractivity contribution in [3.63, 3.8) is 0 Å². The molecular formula is C20H16N4S2. The maximum absolute atomic E-state index is 8.95. The molecule has 0 fully saturated rings. The lowest BCUT2D eigenvalue weighted by molar-refractivity contribution is 0.666. The van der Waals surface area contributed by atoms with Crippen molar-refractivity contribution in [2.45, 2.75) is 23.9 Å². The molecule has 26 heavy (non-hydrogen) atoms. The quantitative estimate of drug-likeness (QED) is 0.425. The van der Waals surface area contributed by atoms with Crippen molar-refractivity contribution < 1.29 is 0 Å². The number of nitriles is 1. The molecule has 2 aromatic carbocycles. The third-order valence-electron chi connectivity index (χ3n) is 3.99. The van der Waals surface area contributed by atoms with E-state index in [-0.39, 0.29) is 0 Å². The van der Waals surface area contributed by atoms with Crippen molar-refractivity contribution in [2.24, 2.45) is 0 Å². The first-order chi connectivity index (χ1) is 12.8. The SMILES string of the molecule is N#CCCn1c(SCc2csc(-c3ccccc3)n2)nc2ccccc21. The lowest BCUT2D eigenvalue weighted by atomic mass is 10.2. The number of benzene rings is 2. The van der Waals surface area contributed by atoms with Crippen LogP contribution in [0.2, 0.25) is 0 Å². The molecule has 4 rings (SSSR count). The summed E-state index contributed by atoms with van der Waals surface area (Å²) in [5, 5.41) is 13.0. The highest BCUT2D eigenvalue weighted by atomic mass is 32.2. The number of imidazole rings is 1. The van der Waals surface area contributed by atoms with Gasteiger partial charge in [-0.1, -0.05) is 54.2 Å². The Morgan fingerprint density at radius 2 is 1.85 bits per heavy atom. The molecule has 128 valence electrons. The fourth-order valence-electron chi connectivity index (χ4n) is 2.77. The van der Waals surface area contributed by atoms with Crippen molar-refractivity contribution in [2.75, 3.05) is 0 Å². The van der Waals surface area contributed by atoms with Gasteiger partial charge in [-0.05, 0) is 12.1 Å². The Bertz CT molecular complexity index is 1060. The molecule has 4 nitrogen and oxygen atoms in total. The largest absolute Gasteiger partial charge is 0.318 e. The van der Waals surface area contributed by atoms with Gasteiger partial charge >= 0.3 is 0 Å². The van der Waals surface area contributed by atoms with E-state index in [1.807, 2.05) is 36.4 Å². The number of hydrogen-bond donors (Lipinski definition) is 0. The van der Waals surface area contributed by atoms with E-state index in [1.54, 1.807) is 23.1 Å². The average molecular weight is 377 g/mol. The van der Waals surface area contributed by atoms with E-state index in [4.69, 9.17) is 15.2 Å². The van der Waals surface area contributed by atoms with E-state index in [2.05, 4.69) is 34.2 Å². The third-order valence-corrected chi connectivity index (χ3v) is 5.94. The van der Waals surface area contributed by atoms with E-state index in [0.717, 1.165) is 38.2 Å². The summed E-state index contributed by atoms with van der Waals surface area (Å²) < 4.78 is 2.13. The van der Waals surface area contributed by atoms with Crippen LogP contribution in [0, 0.1) is 11.3 Å². The van der Waals surface area contributed by atoms with Crippen LogP contribution in [-0.4, -0.2) is 14.5 Å². The summed E-state index contributed by atoms with van der Waals surface area (Å²) in [7, 11) is 0. The lowest BCUT2D eigenvalue weighted by Crippen LogP contribution is -1.99. The number of aromatic nitrogens is 3. The number of thioether (sulfide) groups is 1. The number of para-hydroxylation sites is 2. The molecule has 0 aliphatic carbocycles. The molecule has 4 aromatic rings. The second-order valence-electron chi connectivity index (χ2n) is 5.74. The van der Waals surface area contributed by atoms with E-state index < -0.39 is 0 Å². The minimum atomic E-state index is 0.475. The maximum Gasteiger partial charge on any atom is 0.169 e. The smallest absolute Gasteiger partial charge is 0.169 e. The molecule has 2 heterocycles. The Morgan fingerprint density at radius 1 is 1.04 bits per heavy atom. The monoisotopic (exact) mass is 376 g/mol. The molecule has 0 aliphatic heterocycles. The summed E-state index contributed by atoms with van der Waals surface area (Å²) in [4.78, 5) is 9.49. The van der Waals surface area contributed by atoms with Crippen LogP contribution < -0.4 is 0 Å². The van der Waals surface area contributed by atoms with Gasteiger partial charge in [0.15, 0.2) is 5.16 Å². The summed E-state index contributed by atoms with van der Waals surface area (Å²) in [6, 6.07) is 20.5. The van der Waals surface area contributed by atoms with Gasteiger partial charge in [0.05, 0.1) is 29.2 Å². The summed E-state index contributed by atoms with van der Waals surface area (Å²) in [5.41, 5.74) is 4.25. The fourth-order valence-corrected chi connectivity index (χ4v) is 4.63. The highest BCUT2D eigenvalue weighted by Crippen LogP contribution is 2.29. The average Bonchev–Trinajstić information content (AvgIpc) is 3.30. The molecule has 0 spiro atoms. The Balaban J connectivity index is 1.55. The molecule has 0 saturated heterocycles. The second-order valence-corrected chi connectivity index (χ2v) is 7.54. The molecule has 0 unspecified atom stereocenters.